The van der Waals surface area contributed by atoms with Gasteiger partial charge in [-0.3, -0.25) is 0 Å². The van der Waals surface area contributed by atoms with Gasteiger partial charge in [0.2, 0.25) is 0 Å². The average molecular weight is 347 g/mol. The summed E-state index contributed by atoms with van der Waals surface area (Å²) in [5.74, 6) is 0.154. The number of nitrogens with two attached hydrogens (primary N) is 1. The van der Waals surface area contributed by atoms with Crippen LogP contribution in [0.4, 0.5) is 0 Å². The van der Waals surface area contributed by atoms with Crippen LogP contribution >= 0.6 is 15.9 Å². The van der Waals surface area contributed by atoms with Crippen molar-refractivity contribution in [1.29, 1.82) is 0 Å². The van der Waals surface area contributed by atoms with Crippen LogP contribution in [-0.2, 0) is 9.84 Å². The summed E-state index contributed by atoms with van der Waals surface area (Å²) >= 11 is 3.30. The quantitative estimate of drug-likeness (QED) is 0.900. The fraction of sp³-hybridized carbons (Fsp3) is 0.538. The van der Waals surface area contributed by atoms with E-state index in [9.17, 15) is 8.42 Å². The normalized spacial score (nSPS) is 21.5. The van der Waals surface area contributed by atoms with Gasteiger partial charge in [-0.15, -0.1) is 0 Å². The molecule has 1 aromatic carbocycles. The highest BCUT2D eigenvalue weighted by Crippen LogP contribution is 2.16. The second-order valence-electron chi connectivity index (χ2n) is 4.98. The number of halogens is 1. The number of piperidine rings is 1. The number of benzene rings is 1. The zero-order valence-corrected chi connectivity index (χ0v) is 13.2. The second kappa shape index (κ2) is 6.35. The molecule has 2 rings (SSSR count). The lowest BCUT2D eigenvalue weighted by molar-refractivity contribution is 0.220. The molecule has 4 nitrogen and oxygen atoms in total. The highest BCUT2D eigenvalue weighted by atomic mass is 79.9. The first-order valence-electron chi connectivity index (χ1n) is 6.43. The summed E-state index contributed by atoms with van der Waals surface area (Å²) in [5.41, 5.74) is 5.90. The van der Waals surface area contributed by atoms with Gasteiger partial charge in [-0.25, -0.2) is 8.42 Å². The predicted octanol–water partition coefficient (Wildman–Crippen LogP) is 1.65. The predicted molar refractivity (Wildman–Crippen MR) is 79.8 cm³/mol. The molecule has 6 heteroatoms. The zero-order chi connectivity index (χ0) is 13.9. The van der Waals surface area contributed by atoms with E-state index >= 15 is 0 Å². The molecule has 0 aromatic heterocycles. The van der Waals surface area contributed by atoms with Crippen LogP contribution in [0.1, 0.15) is 12.8 Å². The van der Waals surface area contributed by atoms with E-state index in [1.807, 2.05) is 0 Å². The van der Waals surface area contributed by atoms with Crippen molar-refractivity contribution in [2.75, 3.05) is 25.4 Å². The molecule has 0 unspecified atom stereocenters. The monoisotopic (exact) mass is 346 g/mol. The fourth-order valence-corrected chi connectivity index (χ4v) is 3.85. The number of rotatable bonds is 4. The Balaban J connectivity index is 1.96. The standard InChI is InChI=1S/C13H19BrN2O2S/c14-11-3-5-13(6-4-11)19(17,18)9-8-16-7-1-2-12(15)10-16/h3-6,12H,1-2,7-10,15H2/t12-/m1/s1. The Bertz CT molecular complexity index is 516. The number of nitrogens with zero attached hydrogens (tertiary/aromatic N) is 1. The van der Waals surface area contributed by atoms with Gasteiger partial charge in [0.1, 0.15) is 0 Å². The van der Waals surface area contributed by atoms with Gasteiger partial charge in [-0.1, -0.05) is 15.9 Å². The van der Waals surface area contributed by atoms with Crippen molar-refractivity contribution in [3.8, 4) is 0 Å². The first kappa shape index (κ1) is 15.0. The molecule has 1 aliphatic heterocycles. The molecule has 0 saturated carbocycles. The largest absolute Gasteiger partial charge is 0.327 e. The smallest absolute Gasteiger partial charge is 0.179 e. The van der Waals surface area contributed by atoms with E-state index in [0.717, 1.165) is 30.4 Å². The van der Waals surface area contributed by atoms with Gasteiger partial charge >= 0.3 is 0 Å². The Hall–Kier alpha value is -0.430. The maximum absolute atomic E-state index is 12.2. The summed E-state index contributed by atoms with van der Waals surface area (Å²) in [6.45, 7) is 2.31. The summed E-state index contributed by atoms with van der Waals surface area (Å²) in [6.07, 6.45) is 2.09. The molecule has 1 heterocycles. The van der Waals surface area contributed by atoms with Gasteiger partial charge in [0.05, 0.1) is 10.6 Å². The van der Waals surface area contributed by atoms with E-state index in [1.54, 1.807) is 24.3 Å². The van der Waals surface area contributed by atoms with Crippen LogP contribution in [0, 0.1) is 0 Å². The highest BCUT2D eigenvalue weighted by molar-refractivity contribution is 9.10. The van der Waals surface area contributed by atoms with Crippen LogP contribution < -0.4 is 5.73 Å². The van der Waals surface area contributed by atoms with Crippen LogP contribution in [-0.4, -0.2) is 44.7 Å². The average Bonchev–Trinajstić information content (AvgIpc) is 2.37. The van der Waals surface area contributed by atoms with Crippen LogP contribution in [0.15, 0.2) is 33.6 Å². The number of likely N-dealkylation sites (tertiary alicyclic amines) is 1. The van der Waals surface area contributed by atoms with Crippen LogP contribution in [0.3, 0.4) is 0 Å². The molecule has 2 N–H and O–H groups in total. The highest BCUT2D eigenvalue weighted by Gasteiger charge is 2.20. The zero-order valence-electron chi connectivity index (χ0n) is 10.8. The van der Waals surface area contributed by atoms with Gasteiger partial charge in [0, 0.05) is 23.6 Å². The van der Waals surface area contributed by atoms with E-state index in [1.165, 1.54) is 0 Å². The van der Waals surface area contributed by atoms with Crippen molar-refractivity contribution in [1.82, 2.24) is 4.90 Å². The van der Waals surface area contributed by atoms with Crippen molar-refractivity contribution in [3.05, 3.63) is 28.7 Å². The Kier molecular flexibility index (Phi) is 5.00. The minimum absolute atomic E-state index is 0.154. The van der Waals surface area contributed by atoms with Gasteiger partial charge in [-0.05, 0) is 43.7 Å². The Morgan fingerprint density at radius 3 is 2.63 bits per heavy atom. The molecule has 0 bridgehead atoms. The van der Waals surface area contributed by atoms with Crippen LogP contribution in [0.2, 0.25) is 0 Å². The molecular weight excluding hydrogens is 328 g/mol. The Morgan fingerprint density at radius 1 is 1.32 bits per heavy atom. The van der Waals surface area contributed by atoms with Gasteiger partial charge in [-0.2, -0.15) is 0 Å². The summed E-state index contributed by atoms with van der Waals surface area (Å²) in [5, 5.41) is 0. The van der Waals surface area contributed by atoms with Gasteiger partial charge in [0.25, 0.3) is 0 Å². The molecule has 106 valence electrons. The molecule has 1 aromatic rings. The molecule has 1 atom stereocenters. The first-order chi connectivity index (χ1) is 8.97. The minimum atomic E-state index is -3.20. The Morgan fingerprint density at radius 2 is 2.00 bits per heavy atom. The van der Waals surface area contributed by atoms with Gasteiger partial charge in [0.15, 0.2) is 9.84 Å². The number of sulfone groups is 1. The van der Waals surface area contributed by atoms with Crippen molar-refractivity contribution in [2.45, 2.75) is 23.8 Å². The lowest BCUT2D eigenvalue weighted by Crippen LogP contribution is -2.44. The number of hydrogen-bond acceptors (Lipinski definition) is 4. The summed E-state index contributed by atoms with van der Waals surface area (Å²) in [4.78, 5) is 2.53. The molecule has 0 radical (unpaired) electrons. The molecule has 1 saturated heterocycles. The van der Waals surface area contributed by atoms with Crippen molar-refractivity contribution in [3.63, 3.8) is 0 Å². The summed E-state index contributed by atoms with van der Waals surface area (Å²) in [7, 11) is -3.20. The van der Waals surface area contributed by atoms with Crippen LogP contribution in [0.25, 0.3) is 0 Å². The van der Waals surface area contributed by atoms with Gasteiger partial charge < -0.3 is 10.6 Å². The summed E-state index contributed by atoms with van der Waals surface area (Å²) in [6, 6.07) is 6.97. The second-order valence-corrected chi connectivity index (χ2v) is 8.00. The van der Waals surface area contributed by atoms with E-state index in [2.05, 4.69) is 20.8 Å². The minimum Gasteiger partial charge on any atom is -0.327 e. The summed E-state index contributed by atoms with van der Waals surface area (Å²) < 4.78 is 25.3. The first-order valence-corrected chi connectivity index (χ1v) is 8.88. The molecule has 0 aliphatic carbocycles. The molecule has 19 heavy (non-hydrogen) atoms. The van der Waals surface area contributed by atoms with Crippen LogP contribution in [0.5, 0.6) is 0 Å². The maximum atomic E-state index is 12.2. The molecule has 0 amide bonds. The van der Waals surface area contributed by atoms with Crippen molar-refractivity contribution in [2.24, 2.45) is 5.73 Å². The topological polar surface area (TPSA) is 63.4 Å². The molecule has 1 fully saturated rings. The van der Waals surface area contributed by atoms with E-state index in [4.69, 9.17) is 5.73 Å². The van der Waals surface area contributed by atoms with E-state index < -0.39 is 9.84 Å². The van der Waals surface area contributed by atoms with E-state index in [0.29, 0.717) is 11.4 Å². The Labute approximate surface area is 123 Å². The third kappa shape index (κ3) is 4.27. The lowest BCUT2D eigenvalue weighted by atomic mass is 10.1. The SMILES string of the molecule is N[C@@H]1CCCN(CCS(=O)(=O)c2ccc(Br)cc2)C1. The third-order valence-electron chi connectivity index (χ3n) is 3.39. The maximum Gasteiger partial charge on any atom is 0.179 e. The molecular formula is C13H19BrN2O2S. The van der Waals surface area contributed by atoms with Crippen molar-refractivity contribution < 1.29 is 8.42 Å². The van der Waals surface area contributed by atoms with Crippen molar-refractivity contribution >= 4 is 25.8 Å². The lowest BCUT2D eigenvalue weighted by Gasteiger charge is -2.30. The third-order valence-corrected chi connectivity index (χ3v) is 5.63. The van der Waals surface area contributed by atoms with E-state index in [-0.39, 0.29) is 11.8 Å². The number of hydrogen-bond donors (Lipinski definition) is 1. The fourth-order valence-electron chi connectivity index (χ4n) is 2.30. The molecule has 0 spiro atoms. The molecule has 1 aliphatic rings.